The van der Waals surface area contributed by atoms with E-state index in [1.165, 1.54) is 4.31 Å². The lowest BCUT2D eigenvalue weighted by Gasteiger charge is -2.25. The zero-order valence-electron chi connectivity index (χ0n) is 15.9. The maximum Gasteiger partial charge on any atom is 0.232 e. The Labute approximate surface area is 174 Å². The number of aromatic nitrogens is 1. The zero-order chi connectivity index (χ0) is 20.6. The Bertz CT molecular complexity index is 1210. The third-order valence-electron chi connectivity index (χ3n) is 4.96. The van der Waals surface area contributed by atoms with Crippen molar-refractivity contribution in [2.24, 2.45) is 0 Å². The number of hydrogen-bond acceptors (Lipinski definition) is 3. The van der Waals surface area contributed by atoms with Crippen LogP contribution in [-0.4, -0.2) is 37.0 Å². The zero-order valence-corrected chi connectivity index (χ0v) is 17.4. The molecule has 4 rings (SSSR count). The van der Waals surface area contributed by atoms with Crippen LogP contribution in [0.15, 0.2) is 72.8 Å². The minimum atomic E-state index is -3.57. The lowest BCUT2D eigenvalue weighted by molar-refractivity contribution is 0.166. The van der Waals surface area contributed by atoms with Gasteiger partial charge in [-0.2, -0.15) is 0 Å². The van der Waals surface area contributed by atoms with Crippen molar-refractivity contribution in [3.63, 3.8) is 0 Å². The Hall–Kier alpha value is -2.54. The lowest BCUT2D eigenvalue weighted by atomic mass is 10.2. The van der Waals surface area contributed by atoms with E-state index in [4.69, 9.17) is 11.6 Å². The second kappa shape index (κ2) is 7.71. The van der Waals surface area contributed by atoms with Gasteiger partial charge in [-0.05, 0) is 36.4 Å². The van der Waals surface area contributed by atoms with E-state index < -0.39 is 16.1 Å². The van der Waals surface area contributed by atoms with Crippen molar-refractivity contribution in [1.82, 2.24) is 4.57 Å². The highest BCUT2D eigenvalue weighted by atomic mass is 35.5. The molecule has 7 heteroatoms. The molecule has 1 atom stereocenters. The molecule has 3 aromatic carbocycles. The average molecular weight is 429 g/mol. The molecule has 150 valence electrons. The van der Waals surface area contributed by atoms with Crippen LogP contribution in [0.3, 0.4) is 0 Å². The summed E-state index contributed by atoms with van der Waals surface area (Å²) in [6.07, 6.45) is 0.231. The Morgan fingerprint density at radius 3 is 1.97 bits per heavy atom. The number of halogens is 1. The molecule has 0 aliphatic rings. The molecular formula is C22H21ClN2O3S. The van der Waals surface area contributed by atoms with Crippen molar-refractivity contribution in [1.29, 1.82) is 0 Å². The maximum absolute atomic E-state index is 12.4. The summed E-state index contributed by atoms with van der Waals surface area (Å²) in [5, 5.41) is 13.6. The van der Waals surface area contributed by atoms with Crippen molar-refractivity contribution >= 4 is 49.1 Å². The average Bonchev–Trinajstić information content (AvgIpc) is 3.00. The first kappa shape index (κ1) is 19.8. The molecular weight excluding hydrogens is 408 g/mol. The van der Waals surface area contributed by atoms with Crippen LogP contribution >= 0.6 is 11.6 Å². The molecule has 0 saturated carbocycles. The quantitative estimate of drug-likeness (QED) is 0.498. The second-order valence-corrected chi connectivity index (χ2v) is 9.41. The summed E-state index contributed by atoms with van der Waals surface area (Å²) in [5.74, 6) is 0. The smallest absolute Gasteiger partial charge is 0.232 e. The molecule has 0 unspecified atom stereocenters. The number of sulfonamides is 1. The molecule has 1 heterocycles. The Balaban J connectivity index is 1.68. The largest absolute Gasteiger partial charge is 0.389 e. The van der Waals surface area contributed by atoms with Gasteiger partial charge in [-0.3, -0.25) is 4.31 Å². The molecule has 0 fully saturated rings. The van der Waals surface area contributed by atoms with Crippen molar-refractivity contribution in [3.05, 3.63) is 77.8 Å². The van der Waals surface area contributed by atoms with Gasteiger partial charge in [-0.15, -0.1) is 0 Å². The van der Waals surface area contributed by atoms with Gasteiger partial charge >= 0.3 is 0 Å². The van der Waals surface area contributed by atoms with Crippen LogP contribution in [0.1, 0.15) is 0 Å². The first-order valence-corrected chi connectivity index (χ1v) is 11.4. The summed E-state index contributed by atoms with van der Waals surface area (Å²) in [6.45, 7) is 0.217. The summed E-state index contributed by atoms with van der Waals surface area (Å²) in [7, 11) is -3.57. The highest BCUT2D eigenvalue weighted by molar-refractivity contribution is 7.92. The normalized spacial score (nSPS) is 13.1. The summed E-state index contributed by atoms with van der Waals surface area (Å²) in [4.78, 5) is 0. The number of para-hydroxylation sites is 2. The Kier molecular flexibility index (Phi) is 5.25. The third-order valence-corrected chi connectivity index (χ3v) is 6.38. The Morgan fingerprint density at radius 2 is 1.45 bits per heavy atom. The van der Waals surface area contributed by atoms with Gasteiger partial charge < -0.3 is 9.67 Å². The monoisotopic (exact) mass is 428 g/mol. The molecule has 1 aromatic heterocycles. The fourth-order valence-electron chi connectivity index (χ4n) is 3.70. The first-order chi connectivity index (χ1) is 13.8. The molecule has 0 aliphatic carbocycles. The number of rotatable bonds is 6. The molecule has 0 spiro atoms. The van der Waals surface area contributed by atoms with Crippen LogP contribution in [0.2, 0.25) is 5.02 Å². The van der Waals surface area contributed by atoms with Crippen LogP contribution in [-0.2, 0) is 16.6 Å². The topological polar surface area (TPSA) is 62.5 Å². The predicted octanol–water partition coefficient (Wildman–Crippen LogP) is 4.28. The molecule has 4 aromatic rings. The molecule has 0 aliphatic heterocycles. The van der Waals surface area contributed by atoms with E-state index in [0.717, 1.165) is 28.1 Å². The van der Waals surface area contributed by atoms with E-state index >= 15 is 0 Å². The highest BCUT2D eigenvalue weighted by Crippen LogP contribution is 2.29. The van der Waals surface area contributed by atoms with Gasteiger partial charge in [0.25, 0.3) is 0 Å². The molecule has 29 heavy (non-hydrogen) atoms. The van der Waals surface area contributed by atoms with Crippen molar-refractivity contribution in [2.75, 3.05) is 17.1 Å². The summed E-state index contributed by atoms with van der Waals surface area (Å²) >= 11 is 5.92. The second-order valence-electron chi connectivity index (χ2n) is 7.07. The summed E-state index contributed by atoms with van der Waals surface area (Å²) < 4.78 is 28.0. The van der Waals surface area contributed by atoms with Crippen LogP contribution in [0, 0.1) is 0 Å². The van der Waals surface area contributed by atoms with E-state index in [-0.39, 0.29) is 13.1 Å². The van der Waals surface area contributed by atoms with E-state index in [0.29, 0.717) is 10.7 Å². The standard InChI is InChI=1S/C22H21ClN2O3S/c1-29(27,28)25(17-12-10-16(23)11-13-17)15-18(26)14-24-21-8-4-2-6-19(21)20-7-3-5-9-22(20)24/h2-13,18,26H,14-15H2,1H3/t18-/m0/s1. The fourth-order valence-corrected chi connectivity index (χ4v) is 4.77. The van der Waals surface area contributed by atoms with Gasteiger partial charge in [0.05, 0.1) is 31.1 Å². The summed E-state index contributed by atoms with van der Waals surface area (Å²) in [5.41, 5.74) is 2.48. The number of fused-ring (bicyclic) bond motifs is 3. The lowest BCUT2D eigenvalue weighted by Crippen LogP contribution is -2.38. The third kappa shape index (κ3) is 3.96. The van der Waals surface area contributed by atoms with Crippen molar-refractivity contribution in [2.45, 2.75) is 12.6 Å². The number of hydrogen-bond donors (Lipinski definition) is 1. The van der Waals surface area contributed by atoms with Crippen LogP contribution in [0.4, 0.5) is 5.69 Å². The number of nitrogens with zero attached hydrogens (tertiary/aromatic N) is 2. The molecule has 0 saturated heterocycles. The van der Waals surface area contributed by atoms with Crippen LogP contribution in [0.25, 0.3) is 21.8 Å². The SMILES string of the molecule is CS(=O)(=O)N(C[C@@H](O)Cn1c2ccccc2c2ccccc21)c1ccc(Cl)cc1. The molecule has 0 radical (unpaired) electrons. The van der Waals surface area contributed by atoms with Gasteiger partial charge in [-0.25, -0.2) is 8.42 Å². The maximum atomic E-state index is 12.4. The van der Waals surface area contributed by atoms with E-state index in [1.807, 2.05) is 41.0 Å². The minimum absolute atomic E-state index is 0.0543. The fraction of sp³-hybridized carbons (Fsp3) is 0.182. The van der Waals surface area contributed by atoms with Crippen molar-refractivity contribution in [3.8, 4) is 0 Å². The van der Waals surface area contributed by atoms with E-state index in [9.17, 15) is 13.5 Å². The number of aliphatic hydroxyl groups is 1. The molecule has 0 amide bonds. The van der Waals surface area contributed by atoms with Crippen LogP contribution in [0.5, 0.6) is 0 Å². The number of aliphatic hydroxyl groups excluding tert-OH is 1. The highest BCUT2D eigenvalue weighted by Gasteiger charge is 2.22. The van der Waals surface area contributed by atoms with Gasteiger partial charge in [0.15, 0.2) is 0 Å². The molecule has 0 bridgehead atoms. The molecule has 5 nitrogen and oxygen atoms in total. The van der Waals surface area contributed by atoms with Crippen molar-refractivity contribution < 1.29 is 13.5 Å². The van der Waals surface area contributed by atoms with Gasteiger partial charge in [0.2, 0.25) is 10.0 Å². The number of benzene rings is 3. The van der Waals surface area contributed by atoms with Gasteiger partial charge in [0.1, 0.15) is 0 Å². The summed E-state index contributed by atoms with van der Waals surface area (Å²) in [6, 6.07) is 22.6. The van der Waals surface area contributed by atoms with E-state index in [2.05, 4.69) is 12.1 Å². The Morgan fingerprint density at radius 1 is 0.931 bits per heavy atom. The van der Waals surface area contributed by atoms with Gasteiger partial charge in [0, 0.05) is 26.8 Å². The van der Waals surface area contributed by atoms with Gasteiger partial charge in [-0.1, -0.05) is 48.0 Å². The van der Waals surface area contributed by atoms with E-state index in [1.54, 1.807) is 24.3 Å². The predicted molar refractivity (Wildman–Crippen MR) is 119 cm³/mol. The number of anilines is 1. The van der Waals surface area contributed by atoms with Crippen LogP contribution < -0.4 is 4.31 Å². The first-order valence-electron chi connectivity index (χ1n) is 9.22. The molecule has 1 N–H and O–H groups in total. The minimum Gasteiger partial charge on any atom is -0.389 e.